The lowest BCUT2D eigenvalue weighted by Gasteiger charge is -2.10. The normalized spacial score (nSPS) is 12.5. The third-order valence-corrected chi connectivity index (χ3v) is 3.09. The second-order valence-corrected chi connectivity index (χ2v) is 4.06. The Balaban J connectivity index is 3.06. The zero-order valence-electron chi connectivity index (χ0n) is 7.21. The van der Waals surface area contributed by atoms with Gasteiger partial charge in [-0.1, -0.05) is 17.7 Å². The van der Waals surface area contributed by atoms with Gasteiger partial charge in [-0.3, -0.25) is 4.79 Å². The fraction of sp³-hybridized carbons (Fsp3) is 0.222. The van der Waals surface area contributed by atoms with Gasteiger partial charge in [0.25, 0.3) is 0 Å². The first kappa shape index (κ1) is 11.5. The summed E-state index contributed by atoms with van der Waals surface area (Å²) in [7, 11) is 0. The molecule has 76 valence electrons. The molecule has 3 nitrogen and oxygen atoms in total. The highest BCUT2D eigenvalue weighted by atomic mass is 79.9. The summed E-state index contributed by atoms with van der Waals surface area (Å²) < 4.78 is 0.677. The third kappa shape index (κ3) is 2.47. The topological polar surface area (TPSA) is 63.3 Å². The Kier molecular flexibility index (Phi) is 3.92. The van der Waals surface area contributed by atoms with Crippen LogP contribution in [0.2, 0.25) is 5.02 Å². The molecule has 0 radical (unpaired) electrons. The molecular weight excluding hydrogens is 269 g/mol. The molecule has 1 unspecified atom stereocenters. The summed E-state index contributed by atoms with van der Waals surface area (Å²) in [5.74, 6) is -1.61. The first-order valence-electron chi connectivity index (χ1n) is 3.94. The number of hydrogen-bond donors (Lipinski definition) is 2. The minimum atomic E-state index is -0.929. The van der Waals surface area contributed by atoms with Gasteiger partial charge in [-0.15, -0.1) is 0 Å². The van der Waals surface area contributed by atoms with Crippen molar-refractivity contribution in [1.29, 1.82) is 0 Å². The van der Waals surface area contributed by atoms with Crippen molar-refractivity contribution in [2.75, 3.05) is 6.54 Å². The van der Waals surface area contributed by atoms with Crippen LogP contribution in [0.25, 0.3) is 0 Å². The van der Waals surface area contributed by atoms with Crippen molar-refractivity contribution >= 4 is 33.5 Å². The number of halogens is 2. The van der Waals surface area contributed by atoms with Gasteiger partial charge in [-0.2, -0.15) is 0 Å². The number of carbonyl (C=O) groups is 1. The minimum Gasteiger partial charge on any atom is -0.481 e. The highest BCUT2D eigenvalue weighted by Gasteiger charge is 2.18. The molecule has 0 aliphatic rings. The summed E-state index contributed by atoms with van der Waals surface area (Å²) in [6, 6.07) is 4.99. The first-order valence-corrected chi connectivity index (χ1v) is 5.11. The number of nitrogens with two attached hydrogens (primary N) is 1. The van der Waals surface area contributed by atoms with Gasteiger partial charge in [0.05, 0.1) is 10.9 Å². The zero-order valence-corrected chi connectivity index (χ0v) is 9.55. The van der Waals surface area contributed by atoms with E-state index in [-0.39, 0.29) is 6.54 Å². The summed E-state index contributed by atoms with van der Waals surface area (Å²) in [5, 5.41) is 9.41. The van der Waals surface area contributed by atoms with E-state index in [1.807, 2.05) is 0 Å². The molecule has 0 amide bonds. The van der Waals surface area contributed by atoms with Gasteiger partial charge in [-0.05, 0) is 33.6 Å². The van der Waals surface area contributed by atoms with Gasteiger partial charge in [0, 0.05) is 11.0 Å². The highest BCUT2D eigenvalue weighted by Crippen LogP contribution is 2.26. The largest absolute Gasteiger partial charge is 0.481 e. The van der Waals surface area contributed by atoms with Gasteiger partial charge in [0.1, 0.15) is 0 Å². The summed E-state index contributed by atoms with van der Waals surface area (Å²) in [5.41, 5.74) is 6.01. The molecule has 5 heteroatoms. The molecule has 14 heavy (non-hydrogen) atoms. The van der Waals surface area contributed by atoms with Crippen LogP contribution in [-0.4, -0.2) is 17.6 Å². The predicted molar refractivity (Wildman–Crippen MR) is 58.6 cm³/mol. The lowest BCUT2D eigenvalue weighted by Crippen LogP contribution is -2.21. The van der Waals surface area contributed by atoms with Gasteiger partial charge >= 0.3 is 5.97 Å². The second kappa shape index (κ2) is 4.77. The predicted octanol–water partition coefficient (Wildman–Crippen LogP) is 2.23. The molecule has 1 rings (SSSR count). The Morgan fingerprint density at radius 3 is 2.71 bits per heavy atom. The molecule has 1 aromatic rings. The van der Waals surface area contributed by atoms with E-state index in [9.17, 15) is 4.79 Å². The molecule has 0 saturated carbocycles. The van der Waals surface area contributed by atoms with E-state index < -0.39 is 11.9 Å². The van der Waals surface area contributed by atoms with E-state index in [1.165, 1.54) is 0 Å². The fourth-order valence-electron chi connectivity index (χ4n) is 1.11. The Morgan fingerprint density at radius 2 is 2.29 bits per heavy atom. The number of rotatable bonds is 3. The lowest BCUT2D eigenvalue weighted by molar-refractivity contribution is -0.138. The third-order valence-electron chi connectivity index (χ3n) is 1.88. The number of carboxylic acid groups (broad SMARTS) is 1. The van der Waals surface area contributed by atoms with Crippen LogP contribution in [0.1, 0.15) is 11.5 Å². The zero-order chi connectivity index (χ0) is 10.7. The SMILES string of the molecule is NCC(C(=O)O)c1ccc(Cl)c(Br)c1. The monoisotopic (exact) mass is 277 g/mol. The van der Waals surface area contributed by atoms with Crippen LogP contribution in [-0.2, 0) is 4.79 Å². The van der Waals surface area contributed by atoms with E-state index in [0.29, 0.717) is 15.1 Å². The quantitative estimate of drug-likeness (QED) is 0.891. The van der Waals surface area contributed by atoms with Gasteiger partial charge in [-0.25, -0.2) is 0 Å². The summed E-state index contributed by atoms with van der Waals surface area (Å²) >= 11 is 9.01. The van der Waals surface area contributed by atoms with Crippen molar-refractivity contribution < 1.29 is 9.90 Å². The van der Waals surface area contributed by atoms with Crippen LogP contribution in [0.15, 0.2) is 22.7 Å². The number of carboxylic acids is 1. The maximum absolute atomic E-state index is 10.8. The first-order chi connectivity index (χ1) is 6.56. The molecule has 0 saturated heterocycles. The second-order valence-electron chi connectivity index (χ2n) is 2.80. The Morgan fingerprint density at radius 1 is 1.64 bits per heavy atom. The number of benzene rings is 1. The summed E-state index contributed by atoms with van der Waals surface area (Å²) in [6.45, 7) is 0.0728. The lowest BCUT2D eigenvalue weighted by atomic mass is 10.00. The standard InChI is InChI=1S/C9H9BrClNO2/c10-7-3-5(1-2-8(7)11)6(4-12)9(13)14/h1-3,6H,4,12H2,(H,13,14). The van der Waals surface area contributed by atoms with Gasteiger partial charge in [0.2, 0.25) is 0 Å². The molecule has 0 heterocycles. The fourth-order valence-corrected chi connectivity index (χ4v) is 1.62. The summed E-state index contributed by atoms with van der Waals surface area (Å²) in [4.78, 5) is 10.8. The average Bonchev–Trinajstić information content (AvgIpc) is 2.11. The Bertz CT molecular complexity index is 357. The van der Waals surface area contributed by atoms with E-state index in [1.54, 1.807) is 18.2 Å². The van der Waals surface area contributed by atoms with E-state index in [4.69, 9.17) is 22.4 Å². The minimum absolute atomic E-state index is 0.0728. The van der Waals surface area contributed by atoms with Crippen LogP contribution in [0.5, 0.6) is 0 Å². The van der Waals surface area contributed by atoms with Crippen LogP contribution in [0, 0.1) is 0 Å². The average molecular weight is 279 g/mol. The van der Waals surface area contributed by atoms with E-state index in [0.717, 1.165) is 0 Å². The molecule has 1 aromatic carbocycles. The number of hydrogen-bond acceptors (Lipinski definition) is 2. The molecule has 3 N–H and O–H groups in total. The van der Waals surface area contributed by atoms with Crippen molar-refractivity contribution in [3.63, 3.8) is 0 Å². The van der Waals surface area contributed by atoms with Gasteiger partial charge in [0.15, 0.2) is 0 Å². The van der Waals surface area contributed by atoms with Crippen molar-refractivity contribution in [1.82, 2.24) is 0 Å². The highest BCUT2D eigenvalue weighted by molar-refractivity contribution is 9.10. The molecule has 0 fully saturated rings. The van der Waals surface area contributed by atoms with Gasteiger partial charge < -0.3 is 10.8 Å². The molecule has 1 atom stereocenters. The Hall–Kier alpha value is -0.580. The molecule has 0 spiro atoms. The van der Waals surface area contributed by atoms with E-state index >= 15 is 0 Å². The van der Waals surface area contributed by atoms with Crippen LogP contribution in [0.4, 0.5) is 0 Å². The van der Waals surface area contributed by atoms with Crippen LogP contribution < -0.4 is 5.73 Å². The van der Waals surface area contributed by atoms with Crippen molar-refractivity contribution in [2.24, 2.45) is 5.73 Å². The number of aliphatic carboxylic acids is 1. The van der Waals surface area contributed by atoms with Crippen molar-refractivity contribution in [2.45, 2.75) is 5.92 Å². The smallest absolute Gasteiger partial charge is 0.312 e. The Labute approximate surface area is 95.0 Å². The molecular formula is C9H9BrClNO2. The van der Waals surface area contributed by atoms with Crippen molar-refractivity contribution in [3.8, 4) is 0 Å². The van der Waals surface area contributed by atoms with E-state index in [2.05, 4.69) is 15.9 Å². The molecule has 0 aliphatic carbocycles. The maximum Gasteiger partial charge on any atom is 0.312 e. The maximum atomic E-state index is 10.8. The van der Waals surface area contributed by atoms with Crippen LogP contribution in [0.3, 0.4) is 0 Å². The molecule has 0 aliphatic heterocycles. The van der Waals surface area contributed by atoms with Crippen molar-refractivity contribution in [3.05, 3.63) is 33.3 Å². The summed E-state index contributed by atoms with van der Waals surface area (Å²) in [6.07, 6.45) is 0. The van der Waals surface area contributed by atoms with Crippen LogP contribution >= 0.6 is 27.5 Å². The molecule has 0 bridgehead atoms. The molecule has 0 aromatic heterocycles.